The van der Waals surface area contributed by atoms with Gasteiger partial charge in [0.1, 0.15) is 11.4 Å². The average Bonchev–Trinajstić information content (AvgIpc) is 2.68. The van der Waals surface area contributed by atoms with Crippen molar-refractivity contribution >= 4 is 11.8 Å². The van der Waals surface area contributed by atoms with Gasteiger partial charge in [-0.15, -0.1) is 0 Å². The molecule has 2 N–H and O–H groups in total. The molecule has 0 saturated heterocycles. The maximum absolute atomic E-state index is 5.47. The molecule has 0 saturated carbocycles. The molecule has 2 rings (SSSR count). The van der Waals surface area contributed by atoms with Crippen LogP contribution in [0, 0.1) is 0 Å². The molecule has 0 aliphatic heterocycles. The van der Waals surface area contributed by atoms with Gasteiger partial charge in [0.25, 0.3) is 0 Å². The maximum Gasteiger partial charge on any atom is 0.192 e. The van der Waals surface area contributed by atoms with Gasteiger partial charge in [-0.3, -0.25) is 0 Å². The summed E-state index contributed by atoms with van der Waals surface area (Å²) in [5.41, 5.74) is 6.63. The standard InChI is InChI=1S/C10H13N5S/c1-15-10(13-7-14-15)16-9-3-2-8(4-5-11)6-12-9/h2-3,6-7H,4-5,11H2,1H3. The normalized spacial score (nSPS) is 10.6. The van der Waals surface area contributed by atoms with E-state index in [-0.39, 0.29) is 0 Å². The van der Waals surface area contributed by atoms with Crippen LogP contribution in [0.3, 0.4) is 0 Å². The SMILES string of the molecule is Cn1ncnc1Sc1ccc(CCN)cn1. The first kappa shape index (κ1) is 11.1. The average molecular weight is 235 g/mol. The van der Waals surface area contributed by atoms with E-state index in [1.165, 1.54) is 18.1 Å². The van der Waals surface area contributed by atoms with E-state index in [4.69, 9.17) is 5.73 Å². The molecule has 84 valence electrons. The molecule has 0 unspecified atom stereocenters. The third-order valence-electron chi connectivity index (χ3n) is 2.10. The van der Waals surface area contributed by atoms with Crippen molar-refractivity contribution in [3.8, 4) is 0 Å². The van der Waals surface area contributed by atoms with E-state index in [2.05, 4.69) is 15.1 Å². The Hall–Kier alpha value is -1.40. The molecule has 0 aliphatic carbocycles. The van der Waals surface area contributed by atoms with Gasteiger partial charge in [-0.2, -0.15) is 5.10 Å². The van der Waals surface area contributed by atoms with E-state index in [0.29, 0.717) is 6.54 Å². The van der Waals surface area contributed by atoms with Crippen LogP contribution in [0.1, 0.15) is 5.56 Å². The van der Waals surface area contributed by atoms with Crippen LogP contribution < -0.4 is 5.73 Å². The first-order chi connectivity index (χ1) is 7.79. The first-order valence-electron chi connectivity index (χ1n) is 4.96. The van der Waals surface area contributed by atoms with Crippen molar-refractivity contribution in [3.05, 3.63) is 30.2 Å². The number of nitrogens with two attached hydrogens (primary N) is 1. The smallest absolute Gasteiger partial charge is 0.192 e. The Morgan fingerprint density at radius 2 is 2.25 bits per heavy atom. The van der Waals surface area contributed by atoms with Gasteiger partial charge in [0.2, 0.25) is 0 Å². The van der Waals surface area contributed by atoms with Gasteiger partial charge in [-0.1, -0.05) is 6.07 Å². The summed E-state index contributed by atoms with van der Waals surface area (Å²) in [4.78, 5) is 8.46. The van der Waals surface area contributed by atoms with Gasteiger partial charge in [-0.05, 0) is 36.4 Å². The van der Waals surface area contributed by atoms with Gasteiger partial charge in [0.05, 0.1) is 0 Å². The molecule has 0 atom stereocenters. The van der Waals surface area contributed by atoms with E-state index < -0.39 is 0 Å². The fourth-order valence-corrected chi connectivity index (χ4v) is 1.97. The van der Waals surface area contributed by atoms with Crippen molar-refractivity contribution in [3.63, 3.8) is 0 Å². The minimum absolute atomic E-state index is 0.650. The molecule has 5 nitrogen and oxygen atoms in total. The second kappa shape index (κ2) is 5.09. The molecular weight excluding hydrogens is 222 g/mol. The number of rotatable bonds is 4. The van der Waals surface area contributed by atoms with Crippen molar-refractivity contribution in [2.24, 2.45) is 12.8 Å². The quantitative estimate of drug-likeness (QED) is 0.851. The van der Waals surface area contributed by atoms with Crippen LogP contribution >= 0.6 is 11.8 Å². The Labute approximate surface area is 98.1 Å². The summed E-state index contributed by atoms with van der Waals surface area (Å²) in [5, 5.41) is 5.75. The van der Waals surface area contributed by atoms with Crippen molar-refractivity contribution in [1.29, 1.82) is 0 Å². The lowest BCUT2D eigenvalue weighted by Gasteiger charge is -2.01. The molecule has 2 aromatic heterocycles. The lowest BCUT2D eigenvalue weighted by Crippen LogP contribution is -2.02. The largest absolute Gasteiger partial charge is 0.330 e. The summed E-state index contributed by atoms with van der Waals surface area (Å²) in [6.07, 6.45) is 4.25. The Kier molecular flexibility index (Phi) is 3.53. The van der Waals surface area contributed by atoms with E-state index in [0.717, 1.165) is 22.2 Å². The summed E-state index contributed by atoms with van der Waals surface area (Å²) in [6, 6.07) is 4.02. The predicted molar refractivity (Wildman–Crippen MR) is 62.1 cm³/mol. The van der Waals surface area contributed by atoms with Gasteiger partial charge in [0, 0.05) is 13.2 Å². The highest BCUT2D eigenvalue weighted by atomic mass is 32.2. The topological polar surface area (TPSA) is 69.6 Å². The zero-order chi connectivity index (χ0) is 11.4. The van der Waals surface area contributed by atoms with Crippen LogP contribution in [0.5, 0.6) is 0 Å². The molecule has 0 amide bonds. The van der Waals surface area contributed by atoms with E-state index in [1.54, 1.807) is 4.68 Å². The Bertz CT molecular complexity index is 450. The van der Waals surface area contributed by atoms with Crippen LogP contribution in [0.15, 0.2) is 34.8 Å². The summed E-state index contributed by atoms with van der Waals surface area (Å²) in [6.45, 7) is 0.650. The zero-order valence-electron chi connectivity index (χ0n) is 9.00. The monoisotopic (exact) mass is 235 g/mol. The van der Waals surface area contributed by atoms with Gasteiger partial charge in [-0.25, -0.2) is 14.6 Å². The van der Waals surface area contributed by atoms with Crippen LogP contribution in [0.4, 0.5) is 0 Å². The number of hydrogen-bond acceptors (Lipinski definition) is 5. The van der Waals surface area contributed by atoms with Crippen LogP contribution in [-0.4, -0.2) is 26.3 Å². The van der Waals surface area contributed by atoms with Crippen molar-refractivity contribution in [2.75, 3.05) is 6.54 Å². The highest BCUT2D eigenvalue weighted by Crippen LogP contribution is 2.22. The summed E-state index contributed by atoms with van der Waals surface area (Å²) in [7, 11) is 1.86. The van der Waals surface area contributed by atoms with Gasteiger partial charge < -0.3 is 5.73 Å². The highest BCUT2D eigenvalue weighted by Gasteiger charge is 2.04. The first-order valence-corrected chi connectivity index (χ1v) is 5.78. The molecule has 0 aromatic carbocycles. The highest BCUT2D eigenvalue weighted by molar-refractivity contribution is 7.99. The maximum atomic E-state index is 5.47. The number of nitrogens with zero attached hydrogens (tertiary/aromatic N) is 4. The van der Waals surface area contributed by atoms with Gasteiger partial charge in [0.15, 0.2) is 5.16 Å². The second-order valence-electron chi connectivity index (χ2n) is 3.31. The van der Waals surface area contributed by atoms with Crippen molar-refractivity contribution < 1.29 is 0 Å². The number of hydrogen-bond donors (Lipinski definition) is 1. The number of aryl methyl sites for hydroxylation is 1. The molecule has 0 aliphatic rings. The summed E-state index contributed by atoms with van der Waals surface area (Å²) >= 11 is 1.49. The fourth-order valence-electron chi connectivity index (χ4n) is 1.26. The van der Waals surface area contributed by atoms with Crippen molar-refractivity contribution in [2.45, 2.75) is 16.6 Å². The fraction of sp³-hybridized carbons (Fsp3) is 0.300. The molecule has 0 radical (unpaired) electrons. The molecule has 2 heterocycles. The van der Waals surface area contributed by atoms with E-state index >= 15 is 0 Å². The van der Waals surface area contributed by atoms with E-state index in [1.807, 2.05) is 25.4 Å². The molecule has 0 spiro atoms. The zero-order valence-corrected chi connectivity index (χ0v) is 9.81. The molecule has 6 heteroatoms. The Morgan fingerprint density at radius 1 is 1.38 bits per heavy atom. The minimum Gasteiger partial charge on any atom is -0.330 e. The third-order valence-corrected chi connectivity index (χ3v) is 3.10. The lowest BCUT2D eigenvalue weighted by molar-refractivity contribution is 0.684. The third kappa shape index (κ3) is 2.59. The van der Waals surface area contributed by atoms with Crippen LogP contribution in [0.2, 0.25) is 0 Å². The van der Waals surface area contributed by atoms with E-state index in [9.17, 15) is 0 Å². The predicted octanol–water partition coefficient (Wildman–Crippen LogP) is 0.863. The Morgan fingerprint density at radius 3 is 2.81 bits per heavy atom. The lowest BCUT2D eigenvalue weighted by atomic mass is 10.2. The molecule has 0 fully saturated rings. The summed E-state index contributed by atoms with van der Waals surface area (Å²) < 4.78 is 1.72. The number of aromatic nitrogens is 4. The van der Waals surface area contributed by atoms with Crippen molar-refractivity contribution in [1.82, 2.24) is 19.7 Å². The van der Waals surface area contributed by atoms with Crippen LogP contribution in [0.25, 0.3) is 0 Å². The summed E-state index contributed by atoms with van der Waals surface area (Å²) in [5.74, 6) is 0. The van der Waals surface area contributed by atoms with Crippen LogP contribution in [-0.2, 0) is 13.5 Å². The Balaban J connectivity index is 2.08. The molecule has 2 aromatic rings. The van der Waals surface area contributed by atoms with Gasteiger partial charge >= 0.3 is 0 Å². The minimum atomic E-state index is 0.650. The molecular formula is C10H13N5S. The molecule has 16 heavy (non-hydrogen) atoms. The number of pyridine rings is 1. The molecule has 0 bridgehead atoms. The second-order valence-corrected chi connectivity index (χ2v) is 4.30.